The first-order valence-corrected chi connectivity index (χ1v) is 11.5. The highest BCUT2D eigenvalue weighted by molar-refractivity contribution is 5.80. The molecule has 170 valence electrons. The molecule has 1 aromatic carbocycles. The molecule has 1 aliphatic carbocycles. The molecule has 0 aromatic heterocycles. The van der Waals surface area contributed by atoms with Gasteiger partial charge in [0, 0.05) is 31.0 Å². The molecule has 31 heavy (non-hydrogen) atoms. The van der Waals surface area contributed by atoms with Gasteiger partial charge >= 0.3 is 0 Å². The number of methoxy groups -OCH3 is 1. The molecule has 2 amide bonds. The first kappa shape index (κ1) is 22.1. The Morgan fingerprint density at radius 3 is 2.74 bits per heavy atom. The third kappa shape index (κ3) is 4.58. The predicted octanol–water partition coefficient (Wildman–Crippen LogP) is 4.23. The molecule has 1 aromatic rings. The van der Waals surface area contributed by atoms with Gasteiger partial charge in [-0.1, -0.05) is 20.8 Å². The smallest absolute Gasteiger partial charge is 0.222 e. The summed E-state index contributed by atoms with van der Waals surface area (Å²) in [4.78, 5) is 27.4. The molecular weight excluding hydrogens is 395 g/mol. The van der Waals surface area contributed by atoms with Crippen molar-refractivity contribution in [1.82, 2.24) is 10.2 Å². The van der Waals surface area contributed by atoms with E-state index < -0.39 is 5.54 Å². The van der Waals surface area contributed by atoms with E-state index in [0.717, 1.165) is 25.8 Å². The van der Waals surface area contributed by atoms with Crippen molar-refractivity contribution in [1.29, 1.82) is 0 Å². The number of hydrogen-bond acceptors (Lipinski definition) is 3. The summed E-state index contributed by atoms with van der Waals surface area (Å²) in [5.41, 5.74) is 0.389. The third-order valence-electron chi connectivity index (χ3n) is 7.57. The number of halogens is 1. The number of rotatable bonds is 6. The summed E-state index contributed by atoms with van der Waals surface area (Å²) in [6.07, 6.45) is 5.57. The van der Waals surface area contributed by atoms with Crippen LogP contribution in [-0.4, -0.2) is 41.9 Å². The van der Waals surface area contributed by atoms with Crippen molar-refractivity contribution in [3.63, 3.8) is 0 Å². The zero-order valence-corrected chi connectivity index (χ0v) is 19.2. The van der Waals surface area contributed by atoms with E-state index in [1.165, 1.54) is 6.07 Å². The lowest BCUT2D eigenvalue weighted by Gasteiger charge is -2.39. The Hall–Kier alpha value is -2.11. The Labute approximate surface area is 184 Å². The van der Waals surface area contributed by atoms with Gasteiger partial charge in [0.2, 0.25) is 11.8 Å². The van der Waals surface area contributed by atoms with Crippen LogP contribution in [0.4, 0.5) is 4.39 Å². The van der Waals surface area contributed by atoms with Crippen LogP contribution in [0.5, 0.6) is 5.75 Å². The normalized spacial score (nSPS) is 31.6. The molecule has 3 fully saturated rings. The van der Waals surface area contributed by atoms with Crippen LogP contribution in [-0.2, 0) is 16.0 Å². The second kappa shape index (κ2) is 7.79. The summed E-state index contributed by atoms with van der Waals surface area (Å²) in [7, 11) is 1.55. The summed E-state index contributed by atoms with van der Waals surface area (Å²) < 4.78 is 19.7. The van der Waals surface area contributed by atoms with E-state index >= 15 is 0 Å². The first-order valence-electron chi connectivity index (χ1n) is 11.5. The molecule has 2 saturated heterocycles. The lowest BCUT2D eigenvalue weighted by atomic mass is 9.65. The molecule has 0 unspecified atom stereocenters. The molecule has 1 saturated carbocycles. The number of likely N-dealkylation sites (tertiary alicyclic amines) is 1. The van der Waals surface area contributed by atoms with Crippen LogP contribution in [0.2, 0.25) is 0 Å². The maximum absolute atomic E-state index is 14.5. The summed E-state index contributed by atoms with van der Waals surface area (Å²) in [6.45, 7) is 7.73. The number of amides is 2. The second-order valence-corrected chi connectivity index (χ2v) is 11.2. The number of nitrogens with one attached hydrogen (secondary N) is 1. The number of ether oxygens (including phenoxy) is 1. The van der Waals surface area contributed by atoms with Crippen molar-refractivity contribution in [3.05, 3.63) is 29.6 Å². The monoisotopic (exact) mass is 430 g/mol. The minimum atomic E-state index is -0.585. The van der Waals surface area contributed by atoms with Crippen LogP contribution in [0, 0.1) is 16.6 Å². The number of nitrogens with zero attached hydrogens (tertiary/aromatic N) is 1. The molecule has 3 aliphatic rings. The molecule has 1 N–H and O–H groups in total. The Kier molecular flexibility index (Phi) is 5.55. The van der Waals surface area contributed by atoms with Gasteiger partial charge in [-0.3, -0.25) is 9.59 Å². The van der Waals surface area contributed by atoms with Crippen molar-refractivity contribution in [2.45, 2.75) is 83.7 Å². The number of fused-ring (bicyclic) bond motifs is 2. The van der Waals surface area contributed by atoms with Crippen LogP contribution in [0.1, 0.15) is 71.3 Å². The largest absolute Gasteiger partial charge is 0.497 e. The SMILES string of the molecule is COc1ccc(F)c(C[C@]2(CCC(=O)N3C[C@@]4(C)C[C@H]3CC(C)(C)C4)CCC(=O)N2)c1. The highest BCUT2D eigenvalue weighted by Crippen LogP contribution is 2.52. The summed E-state index contributed by atoms with van der Waals surface area (Å²) in [5, 5.41) is 3.08. The van der Waals surface area contributed by atoms with Gasteiger partial charge < -0.3 is 15.0 Å². The maximum Gasteiger partial charge on any atom is 0.222 e. The second-order valence-electron chi connectivity index (χ2n) is 11.2. The van der Waals surface area contributed by atoms with E-state index in [9.17, 15) is 14.0 Å². The van der Waals surface area contributed by atoms with E-state index in [4.69, 9.17) is 4.74 Å². The van der Waals surface area contributed by atoms with Crippen molar-refractivity contribution in [2.75, 3.05) is 13.7 Å². The van der Waals surface area contributed by atoms with Crippen LogP contribution in [0.25, 0.3) is 0 Å². The fourth-order valence-electron chi connectivity index (χ4n) is 6.60. The lowest BCUT2D eigenvalue weighted by Crippen LogP contribution is -2.45. The highest BCUT2D eigenvalue weighted by Gasteiger charge is 2.51. The quantitative estimate of drug-likeness (QED) is 0.735. The van der Waals surface area contributed by atoms with Crippen LogP contribution < -0.4 is 10.1 Å². The Morgan fingerprint density at radius 2 is 2.06 bits per heavy atom. The number of hydrogen-bond donors (Lipinski definition) is 1. The Balaban J connectivity index is 1.47. The summed E-state index contributed by atoms with van der Waals surface area (Å²) in [5.74, 6) is 0.420. The average Bonchev–Trinajstić information content (AvgIpc) is 3.17. The van der Waals surface area contributed by atoms with E-state index in [-0.39, 0.29) is 28.5 Å². The highest BCUT2D eigenvalue weighted by atomic mass is 19.1. The summed E-state index contributed by atoms with van der Waals surface area (Å²) >= 11 is 0. The maximum atomic E-state index is 14.5. The van der Waals surface area contributed by atoms with E-state index in [1.807, 2.05) is 0 Å². The van der Waals surface area contributed by atoms with Gasteiger partial charge in [0.25, 0.3) is 0 Å². The third-order valence-corrected chi connectivity index (χ3v) is 7.57. The lowest BCUT2D eigenvalue weighted by molar-refractivity contribution is -0.133. The van der Waals surface area contributed by atoms with Gasteiger partial charge in [0.15, 0.2) is 0 Å². The fraction of sp³-hybridized carbons (Fsp3) is 0.680. The molecule has 4 rings (SSSR count). The van der Waals surface area contributed by atoms with Crippen molar-refractivity contribution >= 4 is 11.8 Å². The number of carbonyl (C=O) groups is 2. The molecule has 2 aliphatic heterocycles. The van der Waals surface area contributed by atoms with Crippen molar-refractivity contribution in [2.24, 2.45) is 10.8 Å². The van der Waals surface area contributed by atoms with Gasteiger partial charge in [-0.05, 0) is 73.1 Å². The topological polar surface area (TPSA) is 58.6 Å². The molecule has 3 atom stereocenters. The van der Waals surface area contributed by atoms with E-state index in [0.29, 0.717) is 49.5 Å². The molecular formula is C25H35FN2O3. The Morgan fingerprint density at radius 1 is 1.29 bits per heavy atom. The molecule has 2 bridgehead atoms. The molecule has 5 nitrogen and oxygen atoms in total. The first-order chi connectivity index (χ1) is 14.5. The van der Waals surface area contributed by atoms with Crippen LogP contribution in [0.3, 0.4) is 0 Å². The Bertz CT molecular complexity index is 886. The van der Waals surface area contributed by atoms with Gasteiger partial charge in [-0.2, -0.15) is 0 Å². The van der Waals surface area contributed by atoms with Gasteiger partial charge in [0.1, 0.15) is 11.6 Å². The summed E-state index contributed by atoms with van der Waals surface area (Å²) in [6, 6.07) is 4.99. The standard InChI is InChI=1S/C25H35FN2O3/c1-23(2)13-18-14-24(3,15-23)16-28(18)22(30)8-10-25(9-7-21(29)27-25)12-17-11-19(31-4)5-6-20(17)26/h5-6,11,18H,7-10,12-16H2,1-4H3,(H,27,29)/t18-,24+,25-/m1/s1. The van der Waals surface area contributed by atoms with Crippen LogP contribution in [0.15, 0.2) is 18.2 Å². The molecule has 0 radical (unpaired) electrons. The molecule has 6 heteroatoms. The van der Waals surface area contributed by atoms with Gasteiger partial charge in [0.05, 0.1) is 7.11 Å². The minimum Gasteiger partial charge on any atom is -0.497 e. The van der Waals surface area contributed by atoms with Crippen molar-refractivity contribution < 1.29 is 18.7 Å². The minimum absolute atomic E-state index is 0.0259. The zero-order chi connectivity index (χ0) is 22.4. The predicted molar refractivity (Wildman–Crippen MR) is 117 cm³/mol. The van der Waals surface area contributed by atoms with Gasteiger partial charge in [-0.15, -0.1) is 0 Å². The van der Waals surface area contributed by atoms with Crippen LogP contribution >= 0.6 is 0 Å². The van der Waals surface area contributed by atoms with E-state index in [1.54, 1.807) is 19.2 Å². The number of carbonyl (C=O) groups excluding carboxylic acids is 2. The van der Waals surface area contributed by atoms with E-state index in [2.05, 4.69) is 31.0 Å². The average molecular weight is 431 g/mol. The van der Waals surface area contributed by atoms with Crippen molar-refractivity contribution in [3.8, 4) is 5.75 Å². The number of benzene rings is 1. The molecule has 0 spiro atoms. The van der Waals surface area contributed by atoms with Gasteiger partial charge in [-0.25, -0.2) is 4.39 Å². The fourth-order valence-corrected chi connectivity index (χ4v) is 6.60. The zero-order valence-electron chi connectivity index (χ0n) is 19.2. The molecule has 2 heterocycles.